The van der Waals surface area contributed by atoms with Crippen molar-refractivity contribution < 1.29 is 8.42 Å². The molecule has 2 rings (SSSR count). The molecule has 21 heavy (non-hydrogen) atoms. The number of aryl methyl sites for hydroxylation is 2. The lowest BCUT2D eigenvalue weighted by Crippen LogP contribution is -2.34. The van der Waals surface area contributed by atoms with Crippen molar-refractivity contribution in [3.63, 3.8) is 0 Å². The van der Waals surface area contributed by atoms with E-state index >= 15 is 0 Å². The van der Waals surface area contributed by atoms with Crippen molar-refractivity contribution in [2.75, 3.05) is 38.5 Å². The van der Waals surface area contributed by atoms with Crippen LogP contribution in [0.15, 0.2) is 17.0 Å². The van der Waals surface area contributed by atoms with Gasteiger partial charge in [0.15, 0.2) is 0 Å². The topological polar surface area (TPSA) is 61.4 Å². The molecule has 0 unspecified atom stereocenters. The molecule has 1 fully saturated rings. The van der Waals surface area contributed by atoms with E-state index < -0.39 is 10.0 Å². The molecule has 0 spiro atoms. The average molecular weight is 311 g/mol. The quantitative estimate of drug-likeness (QED) is 0.840. The van der Waals surface area contributed by atoms with Gasteiger partial charge < -0.3 is 10.2 Å². The van der Waals surface area contributed by atoms with Crippen LogP contribution >= 0.6 is 0 Å². The van der Waals surface area contributed by atoms with Gasteiger partial charge in [-0.3, -0.25) is 0 Å². The highest BCUT2D eigenvalue weighted by Crippen LogP contribution is 2.24. The predicted molar refractivity (Wildman–Crippen MR) is 86.3 cm³/mol. The third-order valence-corrected chi connectivity index (χ3v) is 5.70. The van der Waals surface area contributed by atoms with Gasteiger partial charge in [-0.15, -0.1) is 0 Å². The van der Waals surface area contributed by atoms with Gasteiger partial charge in [-0.1, -0.05) is 0 Å². The second-order valence-corrected chi connectivity index (χ2v) is 7.34. The molecule has 0 atom stereocenters. The van der Waals surface area contributed by atoms with Crippen LogP contribution in [-0.4, -0.2) is 46.5 Å². The van der Waals surface area contributed by atoms with Crippen molar-refractivity contribution in [2.45, 2.75) is 31.6 Å². The molecule has 0 aromatic heterocycles. The zero-order valence-electron chi connectivity index (χ0n) is 13.1. The molecule has 1 aliphatic heterocycles. The van der Waals surface area contributed by atoms with Gasteiger partial charge in [0.05, 0.1) is 4.90 Å². The molecule has 1 heterocycles. The monoisotopic (exact) mass is 311 g/mol. The molecule has 6 heteroatoms. The molecule has 1 aromatic carbocycles. The number of nitrogens with zero attached hydrogens (tertiary/aromatic N) is 1. The van der Waals surface area contributed by atoms with Crippen molar-refractivity contribution in [1.82, 2.24) is 9.62 Å². The summed E-state index contributed by atoms with van der Waals surface area (Å²) in [6, 6.07) is 3.73. The maximum atomic E-state index is 12.5. The Bertz CT molecular complexity index is 570. The summed E-state index contributed by atoms with van der Waals surface area (Å²) in [6.45, 7) is 7.08. The molecular weight excluding hydrogens is 286 g/mol. The molecule has 0 amide bonds. The Morgan fingerprint density at radius 2 is 1.71 bits per heavy atom. The van der Waals surface area contributed by atoms with Crippen molar-refractivity contribution >= 4 is 15.7 Å². The summed E-state index contributed by atoms with van der Waals surface area (Å²) in [7, 11) is -1.61. The van der Waals surface area contributed by atoms with Gasteiger partial charge in [0, 0.05) is 25.8 Å². The predicted octanol–water partition coefficient (Wildman–Crippen LogP) is 1.72. The Balaban J connectivity index is 2.08. The molecule has 0 aliphatic carbocycles. The Morgan fingerprint density at radius 1 is 1.14 bits per heavy atom. The van der Waals surface area contributed by atoms with Crippen molar-refractivity contribution in [3.05, 3.63) is 23.3 Å². The van der Waals surface area contributed by atoms with Crippen LogP contribution in [0.3, 0.4) is 0 Å². The number of anilines is 1. The fourth-order valence-corrected chi connectivity index (χ4v) is 4.40. The summed E-state index contributed by atoms with van der Waals surface area (Å²) in [5.74, 6) is 0. The first-order valence-electron chi connectivity index (χ1n) is 7.45. The number of nitrogens with one attached hydrogen (secondary N) is 2. The minimum Gasteiger partial charge on any atom is -0.388 e. The van der Waals surface area contributed by atoms with Crippen LogP contribution in [0.5, 0.6) is 0 Å². The highest BCUT2D eigenvalue weighted by atomic mass is 32.2. The van der Waals surface area contributed by atoms with E-state index in [1.807, 2.05) is 33.0 Å². The summed E-state index contributed by atoms with van der Waals surface area (Å²) in [5.41, 5.74) is 2.47. The molecular formula is C15H25N3O2S. The highest BCUT2D eigenvalue weighted by Gasteiger charge is 2.20. The minimum absolute atomic E-state index is 0.405. The Labute approximate surface area is 127 Å². The number of rotatable bonds is 6. The molecule has 0 saturated carbocycles. The Hall–Kier alpha value is -1.11. The van der Waals surface area contributed by atoms with Gasteiger partial charge in [0.2, 0.25) is 10.0 Å². The number of hydrogen-bond acceptors (Lipinski definition) is 4. The second-order valence-electron chi connectivity index (χ2n) is 5.64. The van der Waals surface area contributed by atoms with Gasteiger partial charge >= 0.3 is 0 Å². The first-order valence-corrected chi connectivity index (χ1v) is 8.93. The van der Waals surface area contributed by atoms with Crippen LogP contribution in [0, 0.1) is 13.8 Å². The third-order valence-electron chi connectivity index (χ3n) is 3.94. The van der Waals surface area contributed by atoms with Crippen LogP contribution in [0.2, 0.25) is 0 Å². The molecule has 0 radical (unpaired) electrons. The maximum Gasteiger partial charge on any atom is 0.241 e. The summed E-state index contributed by atoms with van der Waals surface area (Å²) in [4.78, 5) is 2.70. The molecule has 2 N–H and O–H groups in total. The van der Waals surface area contributed by atoms with Crippen molar-refractivity contribution in [1.29, 1.82) is 0 Å². The second kappa shape index (κ2) is 6.77. The number of hydrogen-bond donors (Lipinski definition) is 2. The molecule has 1 aliphatic rings. The van der Waals surface area contributed by atoms with Gasteiger partial charge in [-0.25, -0.2) is 13.1 Å². The summed E-state index contributed by atoms with van der Waals surface area (Å²) in [5, 5.41) is 3.05. The van der Waals surface area contributed by atoms with Gasteiger partial charge in [0.1, 0.15) is 0 Å². The zero-order valence-corrected chi connectivity index (χ0v) is 13.9. The SMILES string of the molecule is CNc1cc(C)c(S(=O)(=O)NCCN2CCCC2)c(C)c1. The van der Waals surface area contributed by atoms with Crippen LogP contribution in [0.4, 0.5) is 5.69 Å². The van der Waals surface area contributed by atoms with Crippen LogP contribution in [0.25, 0.3) is 0 Å². The van der Waals surface area contributed by atoms with Crippen LogP contribution in [-0.2, 0) is 10.0 Å². The highest BCUT2D eigenvalue weighted by molar-refractivity contribution is 7.89. The lowest BCUT2D eigenvalue weighted by molar-refractivity contribution is 0.344. The van der Waals surface area contributed by atoms with Gasteiger partial charge in [0.25, 0.3) is 0 Å². The molecule has 5 nitrogen and oxygen atoms in total. The number of sulfonamides is 1. The van der Waals surface area contributed by atoms with E-state index in [1.165, 1.54) is 12.8 Å². The van der Waals surface area contributed by atoms with E-state index in [4.69, 9.17) is 0 Å². The van der Waals surface area contributed by atoms with Crippen LogP contribution < -0.4 is 10.0 Å². The first-order chi connectivity index (χ1) is 9.94. The molecule has 1 aromatic rings. The lowest BCUT2D eigenvalue weighted by Gasteiger charge is -2.17. The van der Waals surface area contributed by atoms with E-state index in [9.17, 15) is 8.42 Å². The standard InChI is InChI=1S/C15H25N3O2S/c1-12-10-14(16-3)11-13(2)15(12)21(19,20)17-6-9-18-7-4-5-8-18/h10-11,16-17H,4-9H2,1-3H3. The fraction of sp³-hybridized carbons (Fsp3) is 0.600. The number of benzene rings is 1. The lowest BCUT2D eigenvalue weighted by atomic mass is 10.1. The smallest absolute Gasteiger partial charge is 0.241 e. The third kappa shape index (κ3) is 3.96. The Kier molecular flexibility index (Phi) is 5.24. The van der Waals surface area contributed by atoms with Crippen molar-refractivity contribution in [3.8, 4) is 0 Å². The minimum atomic E-state index is -3.44. The largest absolute Gasteiger partial charge is 0.388 e. The molecule has 0 bridgehead atoms. The number of likely N-dealkylation sites (tertiary alicyclic amines) is 1. The normalized spacial score (nSPS) is 16.3. The summed E-state index contributed by atoms with van der Waals surface area (Å²) in [6.07, 6.45) is 2.44. The van der Waals surface area contributed by atoms with Crippen LogP contribution in [0.1, 0.15) is 24.0 Å². The summed E-state index contributed by atoms with van der Waals surface area (Å²) >= 11 is 0. The van der Waals surface area contributed by atoms with E-state index in [2.05, 4.69) is 14.9 Å². The van der Waals surface area contributed by atoms with Gasteiger partial charge in [-0.05, 0) is 63.0 Å². The van der Waals surface area contributed by atoms with E-state index in [0.717, 1.165) is 36.4 Å². The van der Waals surface area contributed by atoms with Crippen molar-refractivity contribution in [2.24, 2.45) is 0 Å². The zero-order chi connectivity index (χ0) is 15.5. The van der Waals surface area contributed by atoms with E-state index in [-0.39, 0.29) is 0 Å². The average Bonchev–Trinajstić information content (AvgIpc) is 2.90. The fourth-order valence-electron chi connectivity index (χ4n) is 2.94. The maximum absolute atomic E-state index is 12.5. The van der Waals surface area contributed by atoms with Gasteiger partial charge in [-0.2, -0.15) is 0 Å². The Morgan fingerprint density at radius 3 is 2.24 bits per heavy atom. The summed E-state index contributed by atoms with van der Waals surface area (Å²) < 4.78 is 27.7. The molecule has 1 saturated heterocycles. The van der Waals surface area contributed by atoms with E-state index in [1.54, 1.807) is 0 Å². The first kappa shape index (κ1) is 16.3. The van der Waals surface area contributed by atoms with E-state index in [0.29, 0.717) is 11.4 Å². The molecule has 118 valence electrons.